The fourth-order valence-electron chi connectivity index (χ4n) is 1.58. The Kier molecular flexibility index (Phi) is 3.52. The molecule has 0 fully saturated rings. The molecule has 1 atom stereocenters. The van der Waals surface area contributed by atoms with Gasteiger partial charge in [0, 0.05) is 12.4 Å². The summed E-state index contributed by atoms with van der Waals surface area (Å²) in [6, 6.07) is 8.32. The first-order valence-corrected chi connectivity index (χ1v) is 5.58. The predicted octanol–water partition coefficient (Wildman–Crippen LogP) is 1.26. The van der Waals surface area contributed by atoms with E-state index in [0.717, 1.165) is 5.69 Å². The number of aromatic nitrogens is 2. The zero-order valence-electron chi connectivity index (χ0n) is 9.88. The van der Waals surface area contributed by atoms with Crippen LogP contribution in [0.4, 0.5) is 0 Å². The number of nitrogens with zero attached hydrogens (tertiary/aromatic N) is 1. The molecule has 2 rings (SSSR count). The summed E-state index contributed by atoms with van der Waals surface area (Å²) in [7, 11) is 0. The zero-order chi connectivity index (χ0) is 13.0. The fraction of sp³-hybridized carbons (Fsp3) is 0.154. The van der Waals surface area contributed by atoms with Gasteiger partial charge < -0.3 is 10.3 Å². The number of H-pyrrole nitrogens is 1. The van der Waals surface area contributed by atoms with Crippen LogP contribution in [0.5, 0.6) is 0 Å². The standard InChI is InChI=1S/C13H13N3O2/c1-9(11-6-2-3-7-14-11)16-13(18)10-5-4-8-15-12(10)17/h2-9H,1H3,(H,15,17)(H,16,18)/t9-/m0/s1. The number of hydrogen-bond acceptors (Lipinski definition) is 3. The number of nitrogens with one attached hydrogen (secondary N) is 2. The lowest BCUT2D eigenvalue weighted by atomic mass is 10.2. The average Bonchev–Trinajstić information content (AvgIpc) is 2.40. The second-order valence-corrected chi connectivity index (χ2v) is 3.86. The molecule has 0 aliphatic heterocycles. The van der Waals surface area contributed by atoms with Crippen LogP contribution in [0, 0.1) is 0 Å². The first kappa shape index (κ1) is 12.0. The van der Waals surface area contributed by atoms with E-state index >= 15 is 0 Å². The van der Waals surface area contributed by atoms with Gasteiger partial charge in [0.05, 0.1) is 11.7 Å². The largest absolute Gasteiger partial charge is 0.344 e. The van der Waals surface area contributed by atoms with Gasteiger partial charge in [0.15, 0.2) is 0 Å². The van der Waals surface area contributed by atoms with Gasteiger partial charge >= 0.3 is 0 Å². The number of carbonyl (C=O) groups is 1. The second-order valence-electron chi connectivity index (χ2n) is 3.86. The maximum absolute atomic E-state index is 11.9. The van der Waals surface area contributed by atoms with Crippen LogP contribution < -0.4 is 10.9 Å². The van der Waals surface area contributed by atoms with E-state index in [4.69, 9.17) is 0 Å². The minimum absolute atomic E-state index is 0.0975. The summed E-state index contributed by atoms with van der Waals surface area (Å²) in [4.78, 5) is 29.9. The van der Waals surface area contributed by atoms with Crippen LogP contribution in [0.3, 0.4) is 0 Å². The minimum atomic E-state index is -0.407. The minimum Gasteiger partial charge on any atom is -0.344 e. The van der Waals surface area contributed by atoms with Gasteiger partial charge in [-0.3, -0.25) is 14.6 Å². The van der Waals surface area contributed by atoms with Gasteiger partial charge in [-0.25, -0.2) is 0 Å². The molecule has 1 amide bonds. The van der Waals surface area contributed by atoms with E-state index in [0.29, 0.717) is 0 Å². The highest BCUT2D eigenvalue weighted by molar-refractivity contribution is 5.93. The molecular weight excluding hydrogens is 230 g/mol. The molecule has 0 saturated heterocycles. The molecule has 18 heavy (non-hydrogen) atoms. The SMILES string of the molecule is C[C@H](NC(=O)c1ccc[nH]c1=O)c1ccccn1. The maximum Gasteiger partial charge on any atom is 0.260 e. The first-order chi connectivity index (χ1) is 8.68. The van der Waals surface area contributed by atoms with Crippen molar-refractivity contribution in [3.05, 3.63) is 64.3 Å². The Morgan fingerprint density at radius 1 is 1.33 bits per heavy atom. The number of aromatic amines is 1. The quantitative estimate of drug-likeness (QED) is 0.852. The molecular formula is C13H13N3O2. The predicted molar refractivity (Wildman–Crippen MR) is 67.2 cm³/mol. The number of amides is 1. The highest BCUT2D eigenvalue weighted by Gasteiger charge is 2.14. The molecule has 0 aliphatic rings. The Bertz CT molecular complexity index is 592. The van der Waals surface area contributed by atoms with E-state index in [2.05, 4.69) is 15.3 Å². The van der Waals surface area contributed by atoms with Gasteiger partial charge in [-0.05, 0) is 31.2 Å². The van der Waals surface area contributed by atoms with E-state index in [1.165, 1.54) is 12.3 Å². The van der Waals surface area contributed by atoms with Crippen molar-refractivity contribution in [2.24, 2.45) is 0 Å². The first-order valence-electron chi connectivity index (χ1n) is 5.58. The molecule has 5 nitrogen and oxygen atoms in total. The van der Waals surface area contributed by atoms with Crippen molar-refractivity contribution in [3.8, 4) is 0 Å². The van der Waals surface area contributed by atoms with Gasteiger partial charge in [0.2, 0.25) is 0 Å². The third kappa shape index (κ3) is 2.63. The third-order valence-electron chi connectivity index (χ3n) is 2.54. The summed E-state index contributed by atoms with van der Waals surface area (Å²) in [5.74, 6) is -0.407. The van der Waals surface area contributed by atoms with Crippen molar-refractivity contribution in [2.75, 3.05) is 0 Å². The van der Waals surface area contributed by atoms with Gasteiger partial charge in [0.1, 0.15) is 5.56 Å². The van der Waals surface area contributed by atoms with E-state index in [9.17, 15) is 9.59 Å². The monoisotopic (exact) mass is 243 g/mol. The summed E-state index contributed by atoms with van der Waals surface area (Å²) in [5.41, 5.74) is 0.446. The van der Waals surface area contributed by atoms with Crippen LogP contribution in [0.2, 0.25) is 0 Å². The van der Waals surface area contributed by atoms with Crippen molar-refractivity contribution in [1.82, 2.24) is 15.3 Å². The number of hydrogen-bond donors (Lipinski definition) is 2. The molecule has 0 aromatic carbocycles. The zero-order valence-corrected chi connectivity index (χ0v) is 9.88. The van der Waals surface area contributed by atoms with E-state index in [1.54, 1.807) is 18.3 Å². The van der Waals surface area contributed by atoms with Crippen LogP contribution in [0.1, 0.15) is 29.0 Å². The number of pyridine rings is 2. The van der Waals surface area contributed by atoms with E-state index in [-0.39, 0.29) is 11.6 Å². The van der Waals surface area contributed by atoms with Crippen LogP contribution >= 0.6 is 0 Å². The molecule has 5 heteroatoms. The lowest BCUT2D eigenvalue weighted by Gasteiger charge is -2.12. The van der Waals surface area contributed by atoms with Crippen LogP contribution in [0.15, 0.2) is 47.5 Å². The van der Waals surface area contributed by atoms with Crippen LogP contribution in [-0.2, 0) is 0 Å². The van der Waals surface area contributed by atoms with Crippen molar-refractivity contribution >= 4 is 5.91 Å². The Morgan fingerprint density at radius 3 is 2.83 bits per heavy atom. The summed E-state index contributed by atoms with van der Waals surface area (Å²) < 4.78 is 0. The Balaban J connectivity index is 2.14. The smallest absolute Gasteiger partial charge is 0.260 e. The molecule has 0 bridgehead atoms. The molecule has 2 aromatic rings. The molecule has 2 aromatic heterocycles. The van der Waals surface area contributed by atoms with Crippen LogP contribution in [0.25, 0.3) is 0 Å². The number of carbonyl (C=O) groups excluding carboxylic acids is 1. The van der Waals surface area contributed by atoms with Gasteiger partial charge in [-0.1, -0.05) is 6.07 Å². The van der Waals surface area contributed by atoms with Crippen molar-refractivity contribution in [2.45, 2.75) is 13.0 Å². The second kappa shape index (κ2) is 5.27. The summed E-state index contributed by atoms with van der Waals surface area (Å²) in [5, 5.41) is 2.73. The van der Waals surface area contributed by atoms with Gasteiger partial charge in [-0.2, -0.15) is 0 Å². The number of rotatable bonds is 3. The lowest BCUT2D eigenvalue weighted by Crippen LogP contribution is -2.31. The maximum atomic E-state index is 11.9. The van der Waals surface area contributed by atoms with E-state index in [1.807, 2.05) is 19.1 Å². The summed E-state index contributed by atoms with van der Waals surface area (Å²) >= 11 is 0. The topological polar surface area (TPSA) is 74.8 Å². The molecule has 0 saturated carbocycles. The molecule has 0 radical (unpaired) electrons. The molecule has 0 aliphatic carbocycles. The third-order valence-corrected chi connectivity index (χ3v) is 2.54. The Labute approximate surface area is 104 Å². The lowest BCUT2D eigenvalue weighted by molar-refractivity contribution is 0.0937. The molecule has 92 valence electrons. The summed E-state index contributed by atoms with van der Waals surface area (Å²) in [6.07, 6.45) is 3.15. The molecule has 2 heterocycles. The van der Waals surface area contributed by atoms with E-state index < -0.39 is 11.5 Å². The average molecular weight is 243 g/mol. The molecule has 2 N–H and O–H groups in total. The Morgan fingerprint density at radius 2 is 2.17 bits per heavy atom. The fourth-order valence-corrected chi connectivity index (χ4v) is 1.58. The van der Waals surface area contributed by atoms with Crippen molar-refractivity contribution < 1.29 is 4.79 Å². The molecule has 0 spiro atoms. The summed E-state index contributed by atoms with van der Waals surface area (Å²) in [6.45, 7) is 1.82. The van der Waals surface area contributed by atoms with Crippen LogP contribution in [-0.4, -0.2) is 15.9 Å². The van der Waals surface area contributed by atoms with Crippen molar-refractivity contribution in [1.29, 1.82) is 0 Å². The van der Waals surface area contributed by atoms with Gasteiger partial charge in [-0.15, -0.1) is 0 Å². The highest BCUT2D eigenvalue weighted by atomic mass is 16.2. The van der Waals surface area contributed by atoms with Gasteiger partial charge in [0.25, 0.3) is 11.5 Å². The highest BCUT2D eigenvalue weighted by Crippen LogP contribution is 2.08. The van der Waals surface area contributed by atoms with Crippen molar-refractivity contribution in [3.63, 3.8) is 0 Å². The normalized spacial score (nSPS) is 11.8. The Hall–Kier alpha value is -2.43. The molecule has 0 unspecified atom stereocenters.